The Morgan fingerprint density at radius 1 is 1.11 bits per heavy atom. The Morgan fingerprint density at radius 2 is 1.95 bits per heavy atom. The Morgan fingerprint density at radius 3 is 2.74 bits per heavy atom. The van der Waals surface area contributed by atoms with Crippen LogP contribution < -0.4 is 10.5 Å². The van der Waals surface area contributed by atoms with Crippen molar-refractivity contribution in [2.75, 3.05) is 18.1 Å². The molecule has 0 saturated carbocycles. The van der Waals surface area contributed by atoms with Gasteiger partial charge in [-0.15, -0.1) is 0 Å². The van der Waals surface area contributed by atoms with Gasteiger partial charge in [-0.2, -0.15) is 0 Å². The van der Waals surface area contributed by atoms with Gasteiger partial charge in [0, 0.05) is 29.9 Å². The highest BCUT2D eigenvalue weighted by Gasteiger charge is 1.97. The lowest BCUT2D eigenvalue weighted by atomic mass is 10.3. The minimum absolute atomic E-state index is 0.708. The van der Waals surface area contributed by atoms with E-state index in [2.05, 4.69) is 9.97 Å². The van der Waals surface area contributed by atoms with Crippen LogP contribution in [0.5, 0.6) is 5.75 Å². The number of nitrogen functional groups attached to an aromatic ring is 1. The van der Waals surface area contributed by atoms with Crippen LogP contribution in [0.4, 0.5) is 5.69 Å². The van der Waals surface area contributed by atoms with E-state index in [1.54, 1.807) is 24.2 Å². The molecular weight excluding hydrogens is 258 g/mol. The lowest BCUT2D eigenvalue weighted by Crippen LogP contribution is -1.98. The van der Waals surface area contributed by atoms with E-state index in [4.69, 9.17) is 10.5 Å². The van der Waals surface area contributed by atoms with Crippen molar-refractivity contribution in [2.45, 2.75) is 18.0 Å². The summed E-state index contributed by atoms with van der Waals surface area (Å²) < 4.78 is 5.62. The predicted octanol–water partition coefficient (Wildman–Crippen LogP) is 3.01. The quantitative estimate of drug-likeness (QED) is 0.364. The highest BCUT2D eigenvalue weighted by Crippen LogP contribution is 2.16. The van der Waals surface area contributed by atoms with Gasteiger partial charge in [0.05, 0.1) is 6.61 Å². The van der Waals surface area contributed by atoms with Gasteiger partial charge in [0.2, 0.25) is 0 Å². The van der Waals surface area contributed by atoms with E-state index in [1.807, 2.05) is 30.3 Å². The second kappa shape index (κ2) is 7.63. The van der Waals surface area contributed by atoms with E-state index in [1.165, 1.54) is 0 Å². The molecule has 100 valence electrons. The van der Waals surface area contributed by atoms with Crippen LogP contribution in [-0.4, -0.2) is 22.3 Å². The summed E-state index contributed by atoms with van der Waals surface area (Å²) in [5.74, 6) is 1.84. The maximum Gasteiger partial charge on any atom is 0.187 e. The summed E-state index contributed by atoms with van der Waals surface area (Å²) in [6, 6.07) is 9.33. The van der Waals surface area contributed by atoms with E-state index < -0.39 is 0 Å². The van der Waals surface area contributed by atoms with Gasteiger partial charge in [0.15, 0.2) is 5.16 Å². The zero-order chi connectivity index (χ0) is 13.3. The maximum absolute atomic E-state index is 5.68. The molecule has 2 rings (SSSR count). The molecule has 1 heterocycles. The van der Waals surface area contributed by atoms with Crippen molar-refractivity contribution < 1.29 is 4.74 Å². The number of thioether (sulfide) groups is 1. The standard InChI is InChI=1S/C14H17N3OS/c15-12-5-3-6-13(11-12)18-9-1-2-10-19-14-16-7-4-8-17-14/h3-8,11H,1-2,9-10,15H2. The van der Waals surface area contributed by atoms with E-state index >= 15 is 0 Å². The zero-order valence-electron chi connectivity index (χ0n) is 10.7. The molecule has 0 atom stereocenters. The third-order valence-electron chi connectivity index (χ3n) is 2.44. The molecule has 2 aromatic rings. The second-order valence-corrected chi connectivity index (χ2v) is 5.07. The third kappa shape index (κ3) is 5.18. The monoisotopic (exact) mass is 275 g/mol. The largest absolute Gasteiger partial charge is 0.494 e. The Hall–Kier alpha value is -1.75. The number of aromatic nitrogens is 2. The van der Waals surface area contributed by atoms with Crippen LogP contribution in [0.1, 0.15) is 12.8 Å². The number of ether oxygens (including phenoxy) is 1. The molecule has 0 fully saturated rings. The lowest BCUT2D eigenvalue weighted by molar-refractivity contribution is 0.310. The van der Waals surface area contributed by atoms with E-state index in [-0.39, 0.29) is 0 Å². The molecule has 0 aliphatic rings. The van der Waals surface area contributed by atoms with Crippen LogP contribution in [0.3, 0.4) is 0 Å². The molecule has 19 heavy (non-hydrogen) atoms. The van der Waals surface area contributed by atoms with Crippen LogP contribution >= 0.6 is 11.8 Å². The van der Waals surface area contributed by atoms with Crippen LogP contribution in [0, 0.1) is 0 Å². The number of unbranched alkanes of at least 4 members (excludes halogenated alkanes) is 1. The highest BCUT2D eigenvalue weighted by atomic mass is 32.2. The molecule has 0 aliphatic carbocycles. The number of rotatable bonds is 7. The van der Waals surface area contributed by atoms with E-state index in [9.17, 15) is 0 Å². The second-order valence-electron chi connectivity index (χ2n) is 4.01. The molecule has 0 spiro atoms. The number of benzene rings is 1. The van der Waals surface area contributed by atoms with Crippen LogP contribution in [0.25, 0.3) is 0 Å². The molecule has 0 bridgehead atoms. The molecule has 0 unspecified atom stereocenters. The van der Waals surface area contributed by atoms with Gasteiger partial charge in [0.25, 0.3) is 0 Å². The van der Waals surface area contributed by atoms with E-state index in [0.29, 0.717) is 6.61 Å². The number of anilines is 1. The van der Waals surface area contributed by atoms with Crippen molar-refractivity contribution in [3.05, 3.63) is 42.7 Å². The Balaban J connectivity index is 1.58. The molecular formula is C14H17N3OS. The van der Waals surface area contributed by atoms with Gasteiger partial charge in [-0.25, -0.2) is 9.97 Å². The van der Waals surface area contributed by atoms with Crippen molar-refractivity contribution in [1.29, 1.82) is 0 Å². The molecule has 0 aliphatic heterocycles. The van der Waals surface area contributed by atoms with Crippen molar-refractivity contribution in [3.63, 3.8) is 0 Å². The van der Waals surface area contributed by atoms with E-state index in [0.717, 1.165) is 35.2 Å². The van der Waals surface area contributed by atoms with Crippen molar-refractivity contribution in [3.8, 4) is 5.75 Å². The smallest absolute Gasteiger partial charge is 0.187 e. The Labute approximate surface area is 117 Å². The van der Waals surface area contributed by atoms with Gasteiger partial charge in [-0.1, -0.05) is 17.8 Å². The molecule has 2 N–H and O–H groups in total. The first-order chi connectivity index (χ1) is 9.34. The number of hydrogen-bond acceptors (Lipinski definition) is 5. The van der Waals surface area contributed by atoms with Gasteiger partial charge >= 0.3 is 0 Å². The molecule has 0 amide bonds. The number of hydrogen-bond donors (Lipinski definition) is 1. The van der Waals surface area contributed by atoms with Gasteiger partial charge in [-0.3, -0.25) is 0 Å². The van der Waals surface area contributed by atoms with Gasteiger partial charge in [0.1, 0.15) is 5.75 Å². The normalized spacial score (nSPS) is 10.3. The first-order valence-electron chi connectivity index (χ1n) is 6.23. The minimum Gasteiger partial charge on any atom is -0.494 e. The number of nitrogens with two attached hydrogens (primary N) is 1. The Kier molecular flexibility index (Phi) is 5.49. The van der Waals surface area contributed by atoms with Crippen molar-refractivity contribution >= 4 is 17.4 Å². The zero-order valence-corrected chi connectivity index (χ0v) is 11.5. The molecule has 5 heteroatoms. The summed E-state index contributed by atoms with van der Waals surface area (Å²) >= 11 is 1.67. The first-order valence-corrected chi connectivity index (χ1v) is 7.21. The fraction of sp³-hybridized carbons (Fsp3) is 0.286. The summed E-state index contributed by atoms with van der Waals surface area (Å²) in [6.45, 7) is 0.708. The maximum atomic E-state index is 5.68. The number of nitrogens with zero attached hydrogens (tertiary/aromatic N) is 2. The van der Waals surface area contributed by atoms with Crippen LogP contribution in [-0.2, 0) is 0 Å². The summed E-state index contributed by atoms with van der Waals surface area (Å²) in [6.07, 6.45) is 5.61. The van der Waals surface area contributed by atoms with Crippen LogP contribution in [0.2, 0.25) is 0 Å². The average Bonchev–Trinajstić information content (AvgIpc) is 2.44. The fourth-order valence-electron chi connectivity index (χ4n) is 1.52. The molecule has 0 saturated heterocycles. The lowest BCUT2D eigenvalue weighted by Gasteiger charge is -2.06. The molecule has 4 nitrogen and oxygen atoms in total. The molecule has 0 radical (unpaired) electrons. The predicted molar refractivity (Wildman–Crippen MR) is 78.3 cm³/mol. The Bertz CT molecular complexity index is 493. The summed E-state index contributed by atoms with van der Waals surface area (Å²) in [5, 5.41) is 0.833. The third-order valence-corrected chi connectivity index (χ3v) is 3.40. The fourth-order valence-corrected chi connectivity index (χ4v) is 2.32. The van der Waals surface area contributed by atoms with Crippen molar-refractivity contribution in [2.24, 2.45) is 0 Å². The molecule has 1 aromatic heterocycles. The summed E-state index contributed by atoms with van der Waals surface area (Å²) in [4.78, 5) is 8.32. The van der Waals surface area contributed by atoms with Crippen molar-refractivity contribution in [1.82, 2.24) is 9.97 Å². The van der Waals surface area contributed by atoms with Gasteiger partial charge in [-0.05, 0) is 31.0 Å². The molecule has 1 aromatic carbocycles. The topological polar surface area (TPSA) is 61.0 Å². The highest BCUT2D eigenvalue weighted by molar-refractivity contribution is 7.99. The summed E-state index contributed by atoms with van der Waals surface area (Å²) in [7, 11) is 0. The average molecular weight is 275 g/mol. The van der Waals surface area contributed by atoms with Gasteiger partial charge < -0.3 is 10.5 Å². The van der Waals surface area contributed by atoms with Crippen LogP contribution in [0.15, 0.2) is 47.9 Å². The summed E-state index contributed by atoms with van der Waals surface area (Å²) in [5.41, 5.74) is 6.41. The minimum atomic E-state index is 0.708. The SMILES string of the molecule is Nc1cccc(OCCCCSc2ncccn2)c1. The first kappa shape index (κ1) is 13.7.